The fourth-order valence-electron chi connectivity index (χ4n) is 2.33. The van der Waals surface area contributed by atoms with E-state index in [1.807, 2.05) is 0 Å². The van der Waals surface area contributed by atoms with Crippen LogP contribution in [0.3, 0.4) is 0 Å². The molecule has 0 aliphatic heterocycles. The molecule has 18 heavy (non-hydrogen) atoms. The van der Waals surface area contributed by atoms with Gasteiger partial charge in [0.2, 0.25) is 0 Å². The second kappa shape index (κ2) is 5.94. The summed E-state index contributed by atoms with van der Waals surface area (Å²) < 4.78 is 22.4. The minimum atomic E-state index is -4.95. The van der Waals surface area contributed by atoms with Crippen molar-refractivity contribution in [2.45, 2.75) is 42.4 Å². The maximum Gasteiger partial charge on any atom is 0.354 e. The molecule has 0 amide bonds. The van der Waals surface area contributed by atoms with Gasteiger partial charge in [-0.25, -0.2) is 0 Å². The number of aliphatic hydroxyl groups is 1. The molecule has 0 heterocycles. The van der Waals surface area contributed by atoms with Crippen LogP contribution in [0.2, 0.25) is 0 Å². The third-order valence-electron chi connectivity index (χ3n) is 3.26. The number of rotatable bonds is 4. The smallest absolute Gasteiger partial charge is 0.354 e. The maximum atomic E-state index is 11.4. The first-order chi connectivity index (χ1) is 8.03. The highest BCUT2D eigenvalue weighted by Gasteiger charge is 2.49. The Kier molecular flexibility index (Phi) is 5.49. The van der Waals surface area contributed by atoms with Gasteiger partial charge in [0.25, 0.3) is 0 Å². The van der Waals surface area contributed by atoms with Crippen molar-refractivity contribution < 1.29 is 33.8 Å². The first kappa shape index (κ1) is 16.7. The summed E-state index contributed by atoms with van der Waals surface area (Å²) >= 11 is 4.24. The molecule has 1 aliphatic carbocycles. The van der Waals surface area contributed by atoms with Crippen LogP contribution < -0.4 is 0 Å². The highest BCUT2D eigenvalue weighted by Crippen LogP contribution is 2.57. The summed E-state index contributed by atoms with van der Waals surface area (Å²) in [5.74, 6) is -2.92. The molecule has 0 saturated heterocycles. The van der Waals surface area contributed by atoms with E-state index in [4.69, 9.17) is 9.79 Å². The lowest BCUT2D eigenvalue weighted by Crippen LogP contribution is -2.36. The van der Waals surface area contributed by atoms with Crippen LogP contribution in [0.25, 0.3) is 0 Å². The lowest BCUT2D eigenvalue weighted by atomic mass is 9.86. The van der Waals surface area contributed by atoms with Crippen LogP contribution in [0.15, 0.2) is 0 Å². The molecule has 2 unspecified atom stereocenters. The van der Waals surface area contributed by atoms with E-state index in [-0.39, 0.29) is 5.25 Å². The number of hydrogen-bond acceptors (Lipinski definition) is 4. The van der Waals surface area contributed by atoms with Gasteiger partial charge >= 0.3 is 15.2 Å². The normalized spacial score (nSPS) is 29.9. The van der Waals surface area contributed by atoms with Crippen molar-refractivity contribution in [3.8, 4) is 0 Å². The topological polar surface area (TPSA) is 135 Å². The predicted molar refractivity (Wildman–Crippen MR) is 68.6 cm³/mol. The SMILES string of the molecule is O=P(O)(O)C(O)C(C1CCC(S)CC1)P(=O)(O)O. The van der Waals surface area contributed by atoms with Crippen molar-refractivity contribution in [1.82, 2.24) is 0 Å². The molecular formula is C8H18O7P2S. The van der Waals surface area contributed by atoms with Gasteiger partial charge in [-0.1, -0.05) is 0 Å². The van der Waals surface area contributed by atoms with Crippen LogP contribution in [-0.2, 0) is 9.13 Å². The summed E-state index contributed by atoms with van der Waals surface area (Å²) in [7, 11) is -9.73. The van der Waals surface area contributed by atoms with Gasteiger partial charge in [0.15, 0.2) is 5.85 Å². The molecule has 7 nitrogen and oxygen atoms in total. The molecule has 1 rings (SSSR count). The van der Waals surface area contributed by atoms with E-state index in [2.05, 4.69) is 12.6 Å². The van der Waals surface area contributed by atoms with Crippen molar-refractivity contribution in [2.75, 3.05) is 0 Å². The van der Waals surface area contributed by atoms with Gasteiger partial charge in [-0.15, -0.1) is 0 Å². The van der Waals surface area contributed by atoms with Crippen LogP contribution in [0, 0.1) is 5.92 Å². The summed E-state index contributed by atoms with van der Waals surface area (Å²) in [6.07, 6.45) is 2.00. The zero-order valence-electron chi connectivity index (χ0n) is 9.53. The second-order valence-electron chi connectivity index (χ2n) is 4.65. The summed E-state index contributed by atoms with van der Waals surface area (Å²) in [4.78, 5) is 36.2. The summed E-state index contributed by atoms with van der Waals surface area (Å²) in [5.41, 5.74) is -1.71. The van der Waals surface area contributed by atoms with Crippen molar-refractivity contribution in [3.63, 3.8) is 0 Å². The molecule has 0 aromatic carbocycles. The van der Waals surface area contributed by atoms with E-state index in [1.165, 1.54) is 0 Å². The minimum Gasteiger partial charge on any atom is -0.380 e. The summed E-state index contributed by atoms with van der Waals surface area (Å²) in [6, 6.07) is 0. The minimum absolute atomic E-state index is 0.130. The molecule has 108 valence electrons. The zero-order chi connectivity index (χ0) is 14.1. The van der Waals surface area contributed by atoms with Gasteiger partial charge in [0, 0.05) is 5.25 Å². The Balaban J connectivity index is 2.93. The lowest BCUT2D eigenvalue weighted by molar-refractivity contribution is 0.150. The molecule has 2 atom stereocenters. The van der Waals surface area contributed by atoms with Crippen LogP contribution >= 0.6 is 27.8 Å². The molecule has 0 spiro atoms. The number of hydrogen-bond donors (Lipinski definition) is 6. The van der Waals surface area contributed by atoms with Gasteiger partial charge in [-0.2, -0.15) is 12.6 Å². The molecule has 1 fully saturated rings. The van der Waals surface area contributed by atoms with Gasteiger partial charge in [0.1, 0.15) is 5.66 Å². The Labute approximate surface area is 110 Å². The van der Waals surface area contributed by atoms with Crippen LogP contribution in [0.5, 0.6) is 0 Å². The quantitative estimate of drug-likeness (QED) is 0.328. The second-order valence-corrected chi connectivity index (χ2v) is 8.86. The average molecular weight is 320 g/mol. The van der Waals surface area contributed by atoms with Crippen LogP contribution in [0.1, 0.15) is 25.7 Å². The summed E-state index contributed by atoms with van der Waals surface area (Å²) in [5, 5.41) is 9.66. The van der Waals surface area contributed by atoms with E-state index < -0.39 is 32.6 Å². The Bertz CT molecular complexity index is 370. The van der Waals surface area contributed by atoms with Crippen LogP contribution in [0.4, 0.5) is 0 Å². The third kappa shape index (κ3) is 4.32. The van der Waals surface area contributed by atoms with E-state index in [1.54, 1.807) is 0 Å². The molecule has 1 saturated carbocycles. The lowest BCUT2D eigenvalue weighted by Gasteiger charge is -2.35. The fraction of sp³-hybridized carbons (Fsp3) is 1.00. The van der Waals surface area contributed by atoms with Crippen molar-refractivity contribution >= 4 is 27.8 Å². The molecule has 0 aromatic rings. The Morgan fingerprint density at radius 2 is 1.39 bits per heavy atom. The van der Waals surface area contributed by atoms with E-state index in [9.17, 15) is 24.0 Å². The Morgan fingerprint density at radius 3 is 1.72 bits per heavy atom. The largest absolute Gasteiger partial charge is 0.380 e. The average Bonchev–Trinajstić information content (AvgIpc) is 2.17. The van der Waals surface area contributed by atoms with Gasteiger partial charge < -0.3 is 24.7 Å². The number of thiol groups is 1. The standard InChI is InChI=1S/C8H18O7P2S/c9-8(17(13,14)15)7(16(10,11)12)5-1-3-6(18)4-2-5/h5-9,18H,1-4H2,(H2,10,11,12)(H2,13,14,15). The molecule has 0 bridgehead atoms. The van der Waals surface area contributed by atoms with E-state index in [0.717, 1.165) is 0 Å². The van der Waals surface area contributed by atoms with Gasteiger partial charge in [-0.3, -0.25) is 9.13 Å². The van der Waals surface area contributed by atoms with E-state index in [0.29, 0.717) is 25.7 Å². The number of aliphatic hydroxyl groups excluding tert-OH is 1. The molecule has 10 heteroatoms. The molecule has 0 radical (unpaired) electrons. The van der Waals surface area contributed by atoms with Crippen molar-refractivity contribution in [3.05, 3.63) is 0 Å². The molecule has 5 N–H and O–H groups in total. The third-order valence-corrected chi connectivity index (χ3v) is 6.51. The fourth-order valence-corrected chi connectivity index (χ4v) is 5.51. The predicted octanol–water partition coefficient (Wildman–Crippen LogP) is 0.517. The van der Waals surface area contributed by atoms with Crippen molar-refractivity contribution in [2.24, 2.45) is 5.92 Å². The first-order valence-electron chi connectivity index (χ1n) is 5.50. The Hall–Kier alpha value is 0.610. The maximum absolute atomic E-state index is 11.4. The van der Waals surface area contributed by atoms with Crippen molar-refractivity contribution in [1.29, 1.82) is 0 Å². The monoisotopic (exact) mass is 320 g/mol. The molecule has 1 aliphatic rings. The summed E-state index contributed by atoms with van der Waals surface area (Å²) in [6.45, 7) is 0. The molecular weight excluding hydrogens is 302 g/mol. The van der Waals surface area contributed by atoms with Gasteiger partial charge in [-0.05, 0) is 31.6 Å². The van der Waals surface area contributed by atoms with Gasteiger partial charge in [0.05, 0.1) is 0 Å². The highest BCUT2D eigenvalue weighted by atomic mass is 32.1. The highest BCUT2D eigenvalue weighted by molar-refractivity contribution is 7.80. The zero-order valence-corrected chi connectivity index (χ0v) is 12.2. The van der Waals surface area contributed by atoms with Crippen LogP contribution in [-0.4, -0.2) is 41.4 Å². The Morgan fingerprint density at radius 1 is 0.944 bits per heavy atom. The van der Waals surface area contributed by atoms with E-state index >= 15 is 0 Å². The molecule has 0 aromatic heterocycles. The first-order valence-corrected chi connectivity index (χ1v) is 9.38.